The Hall–Kier alpha value is -2.33. The lowest BCUT2D eigenvalue weighted by Crippen LogP contribution is -2.12. The van der Waals surface area contributed by atoms with Crippen molar-refractivity contribution in [1.29, 1.82) is 0 Å². The van der Waals surface area contributed by atoms with E-state index in [0.29, 0.717) is 15.6 Å². The summed E-state index contributed by atoms with van der Waals surface area (Å²) >= 11 is 3.32. The molecule has 10 heteroatoms. The minimum atomic E-state index is -3.69. The minimum absolute atomic E-state index is 0.0753. The Balaban J connectivity index is 2.14. The van der Waals surface area contributed by atoms with Gasteiger partial charge in [-0.15, -0.1) is 0 Å². The number of imidazole rings is 1. The highest BCUT2D eigenvalue weighted by atomic mass is 79.9. The van der Waals surface area contributed by atoms with Crippen LogP contribution in [0.25, 0.3) is 22.4 Å². The Morgan fingerprint density at radius 1 is 1.28 bits per heavy atom. The second-order valence-electron chi connectivity index (χ2n) is 5.31. The lowest BCUT2D eigenvalue weighted by molar-refractivity contribution is 0.535. The van der Waals surface area contributed by atoms with Gasteiger partial charge < -0.3 is 0 Å². The minimum Gasteiger partial charge on any atom is -0.287 e. The molecule has 0 saturated heterocycles. The summed E-state index contributed by atoms with van der Waals surface area (Å²) in [6.07, 6.45) is 4.41. The van der Waals surface area contributed by atoms with Gasteiger partial charge in [-0.25, -0.2) is 13.4 Å². The van der Waals surface area contributed by atoms with Crippen LogP contribution in [-0.4, -0.2) is 38.3 Å². The van der Waals surface area contributed by atoms with Crippen molar-refractivity contribution in [3.05, 3.63) is 47.2 Å². The Morgan fingerprint density at radius 3 is 2.80 bits per heavy atom. The van der Waals surface area contributed by atoms with E-state index in [-0.39, 0.29) is 22.0 Å². The first-order chi connectivity index (χ1) is 11.9. The fourth-order valence-corrected chi connectivity index (χ4v) is 4.05. The van der Waals surface area contributed by atoms with E-state index in [1.807, 2.05) is 0 Å². The van der Waals surface area contributed by atoms with Gasteiger partial charge in [-0.3, -0.25) is 9.38 Å². The molecule has 0 spiro atoms. The fourth-order valence-electron chi connectivity index (χ4n) is 2.59. The maximum absolute atomic E-state index is 14.8. The molecule has 0 radical (unpaired) electrons. The van der Waals surface area contributed by atoms with Crippen molar-refractivity contribution in [2.75, 3.05) is 5.75 Å². The molecular weight excluding hydrogens is 413 g/mol. The van der Waals surface area contributed by atoms with Crippen LogP contribution in [0, 0.1) is 5.95 Å². The number of aromatic nitrogens is 5. The number of sulfone groups is 1. The zero-order valence-corrected chi connectivity index (χ0v) is 15.3. The molecule has 128 valence electrons. The largest absolute Gasteiger partial charge is 0.287 e. The molecule has 0 aliphatic carbocycles. The summed E-state index contributed by atoms with van der Waals surface area (Å²) in [5.74, 6) is -0.934. The van der Waals surface area contributed by atoms with Crippen LogP contribution in [0.1, 0.15) is 6.92 Å². The molecule has 25 heavy (non-hydrogen) atoms. The van der Waals surface area contributed by atoms with Crippen molar-refractivity contribution < 1.29 is 12.8 Å². The van der Waals surface area contributed by atoms with E-state index in [9.17, 15) is 12.8 Å². The maximum Gasteiger partial charge on any atom is 0.227 e. The quantitative estimate of drug-likeness (QED) is 0.505. The normalized spacial score (nSPS) is 12.3. The number of fused-ring (bicyclic) bond motifs is 2. The van der Waals surface area contributed by atoms with Crippen molar-refractivity contribution in [3.8, 4) is 5.82 Å². The van der Waals surface area contributed by atoms with Crippen molar-refractivity contribution in [3.63, 3.8) is 0 Å². The second-order valence-corrected chi connectivity index (χ2v) is 8.42. The fraction of sp³-hybridized carbons (Fsp3) is 0.133. The Labute approximate surface area is 150 Å². The number of nitrogens with zero attached hydrogens (tertiary/aromatic N) is 5. The van der Waals surface area contributed by atoms with E-state index >= 15 is 0 Å². The predicted molar refractivity (Wildman–Crippen MR) is 93.0 cm³/mol. The van der Waals surface area contributed by atoms with Crippen LogP contribution in [0.5, 0.6) is 0 Å². The molecular formula is C15H11BrFN5O2S. The molecule has 0 amide bonds. The average molecular weight is 424 g/mol. The van der Waals surface area contributed by atoms with Crippen LogP contribution in [0.2, 0.25) is 0 Å². The van der Waals surface area contributed by atoms with Gasteiger partial charge in [-0.2, -0.15) is 14.2 Å². The van der Waals surface area contributed by atoms with Crippen LogP contribution in [0.3, 0.4) is 0 Å². The molecule has 4 heterocycles. The first-order valence-corrected chi connectivity index (χ1v) is 9.76. The summed E-state index contributed by atoms with van der Waals surface area (Å²) in [7, 11) is -3.69. The summed E-state index contributed by atoms with van der Waals surface area (Å²) in [4.78, 5) is 8.18. The first-order valence-electron chi connectivity index (χ1n) is 7.31. The molecule has 0 atom stereocenters. The van der Waals surface area contributed by atoms with Crippen LogP contribution >= 0.6 is 15.9 Å². The predicted octanol–water partition coefficient (Wildman–Crippen LogP) is 2.76. The number of halogens is 2. The summed E-state index contributed by atoms with van der Waals surface area (Å²) in [6, 6.07) is 4.93. The SMILES string of the molecule is CCS(=O)(=O)c1c(-n2nc3ccncc3c2F)nc2ccc(Br)cn12. The van der Waals surface area contributed by atoms with E-state index < -0.39 is 15.8 Å². The van der Waals surface area contributed by atoms with Gasteiger partial charge in [-0.05, 0) is 34.1 Å². The van der Waals surface area contributed by atoms with Gasteiger partial charge in [-0.1, -0.05) is 6.92 Å². The molecule has 0 bridgehead atoms. The zero-order chi connectivity index (χ0) is 17.8. The Kier molecular flexibility index (Phi) is 3.62. The maximum atomic E-state index is 14.8. The molecule has 0 N–H and O–H groups in total. The van der Waals surface area contributed by atoms with Crippen LogP contribution in [0.4, 0.5) is 4.39 Å². The van der Waals surface area contributed by atoms with Gasteiger partial charge >= 0.3 is 0 Å². The highest BCUT2D eigenvalue weighted by Gasteiger charge is 2.28. The highest BCUT2D eigenvalue weighted by Crippen LogP contribution is 2.27. The van der Waals surface area contributed by atoms with Crippen molar-refractivity contribution in [2.45, 2.75) is 11.9 Å². The van der Waals surface area contributed by atoms with E-state index in [0.717, 1.165) is 4.68 Å². The summed E-state index contributed by atoms with van der Waals surface area (Å²) in [5, 5.41) is 4.25. The van der Waals surface area contributed by atoms with Gasteiger partial charge in [0, 0.05) is 23.1 Å². The number of hydrogen-bond acceptors (Lipinski definition) is 5. The third kappa shape index (κ3) is 2.44. The Bertz CT molecular complexity index is 1230. The highest BCUT2D eigenvalue weighted by molar-refractivity contribution is 9.10. The van der Waals surface area contributed by atoms with E-state index in [4.69, 9.17) is 0 Å². The van der Waals surface area contributed by atoms with Crippen molar-refractivity contribution >= 4 is 42.3 Å². The summed E-state index contributed by atoms with van der Waals surface area (Å²) in [6.45, 7) is 1.52. The van der Waals surface area contributed by atoms with Crippen LogP contribution in [0.15, 0.2) is 46.3 Å². The van der Waals surface area contributed by atoms with Crippen molar-refractivity contribution in [2.24, 2.45) is 0 Å². The molecule has 7 nitrogen and oxygen atoms in total. The number of hydrogen-bond donors (Lipinski definition) is 0. The molecule has 0 saturated carbocycles. The first kappa shape index (κ1) is 16.2. The average Bonchev–Trinajstić information content (AvgIpc) is 3.13. The van der Waals surface area contributed by atoms with Crippen LogP contribution < -0.4 is 0 Å². The molecule has 0 aliphatic heterocycles. The van der Waals surface area contributed by atoms with Gasteiger partial charge in [0.2, 0.25) is 5.95 Å². The molecule has 4 rings (SSSR count). The number of rotatable bonds is 3. The Morgan fingerprint density at radius 2 is 2.08 bits per heavy atom. The third-order valence-electron chi connectivity index (χ3n) is 3.81. The molecule has 0 aliphatic rings. The molecule has 4 aromatic rings. The van der Waals surface area contributed by atoms with Gasteiger partial charge in [0.05, 0.1) is 16.7 Å². The standard InChI is InChI=1S/C15H11BrFN5O2S/c1-2-25(23,24)15-14(19-12-4-3-9(16)8-21(12)15)22-13(17)10-7-18-6-5-11(10)20-22/h3-8H,2H2,1H3. The second kappa shape index (κ2) is 5.60. The lowest BCUT2D eigenvalue weighted by atomic mass is 10.3. The summed E-state index contributed by atoms with van der Waals surface area (Å²) in [5.41, 5.74) is 0.743. The molecule has 4 aromatic heterocycles. The zero-order valence-electron chi connectivity index (χ0n) is 12.9. The lowest BCUT2D eigenvalue weighted by Gasteiger charge is -2.05. The number of pyridine rings is 2. The molecule has 0 fully saturated rings. The van der Waals surface area contributed by atoms with Gasteiger partial charge in [0.15, 0.2) is 20.7 Å². The van der Waals surface area contributed by atoms with Crippen molar-refractivity contribution in [1.82, 2.24) is 24.1 Å². The van der Waals surface area contributed by atoms with E-state index in [1.165, 1.54) is 23.7 Å². The van der Waals surface area contributed by atoms with E-state index in [2.05, 4.69) is 31.0 Å². The smallest absolute Gasteiger partial charge is 0.227 e. The molecule has 0 aromatic carbocycles. The van der Waals surface area contributed by atoms with Gasteiger partial charge in [0.1, 0.15) is 5.65 Å². The van der Waals surface area contributed by atoms with E-state index in [1.54, 1.807) is 24.4 Å². The summed E-state index contributed by atoms with van der Waals surface area (Å²) < 4.78 is 43.1. The third-order valence-corrected chi connectivity index (χ3v) is 6.01. The molecule has 0 unspecified atom stereocenters. The topological polar surface area (TPSA) is 82.1 Å². The van der Waals surface area contributed by atoms with Gasteiger partial charge in [0.25, 0.3) is 0 Å². The monoisotopic (exact) mass is 423 g/mol. The van der Waals surface area contributed by atoms with Crippen LogP contribution in [-0.2, 0) is 9.84 Å².